The van der Waals surface area contributed by atoms with E-state index in [4.69, 9.17) is 14.2 Å². The van der Waals surface area contributed by atoms with Crippen LogP contribution in [0.3, 0.4) is 0 Å². The molecule has 0 amide bonds. The van der Waals surface area contributed by atoms with Gasteiger partial charge in [-0.25, -0.2) is 4.98 Å². The average molecular weight is 383 g/mol. The SMILES string of the molecule is CCOc1ccc(-c2csc(N/N=C/c3ccc(OC)cc3OC)n2)cc1. The fourth-order valence-corrected chi connectivity index (χ4v) is 3.10. The maximum Gasteiger partial charge on any atom is 0.203 e. The lowest BCUT2D eigenvalue weighted by Gasteiger charge is -2.06. The van der Waals surface area contributed by atoms with Crippen molar-refractivity contribution in [2.24, 2.45) is 5.10 Å². The minimum atomic E-state index is 0.654. The molecule has 140 valence electrons. The van der Waals surface area contributed by atoms with Crippen molar-refractivity contribution < 1.29 is 14.2 Å². The van der Waals surface area contributed by atoms with Gasteiger partial charge in [0.25, 0.3) is 0 Å². The maximum absolute atomic E-state index is 5.46. The fourth-order valence-electron chi connectivity index (χ4n) is 2.43. The second-order valence-corrected chi connectivity index (χ2v) is 6.33. The van der Waals surface area contributed by atoms with Crippen molar-refractivity contribution >= 4 is 22.7 Å². The fraction of sp³-hybridized carbons (Fsp3) is 0.200. The molecule has 1 heterocycles. The van der Waals surface area contributed by atoms with Crippen LogP contribution in [0.2, 0.25) is 0 Å². The van der Waals surface area contributed by atoms with E-state index in [0.717, 1.165) is 28.3 Å². The summed E-state index contributed by atoms with van der Waals surface area (Å²) in [6.45, 7) is 2.62. The highest BCUT2D eigenvalue weighted by atomic mass is 32.1. The molecule has 1 aromatic heterocycles. The molecular weight excluding hydrogens is 362 g/mol. The van der Waals surface area contributed by atoms with E-state index < -0.39 is 0 Å². The molecule has 0 saturated carbocycles. The van der Waals surface area contributed by atoms with Gasteiger partial charge < -0.3 is 14.2 Å². The van der Waals surface area contributed by atoms with Gasteiger partial charge in [0.15, 0.2) is 0 Å². The Morgan fingerprint density at radius 1 is 1.07 bits per heavy atom. The Kier molecular flexibility index (Phi) is 6.27. The van der Waals surface area contributed by atoms with E-state index in [2.05, 4.69) is 15.5 Å². The highest BCUT2D eigenvalue weighted by molar-refractivity contribution is 7.14. The summed E-state index contributed by atoms with van der Waals surface area (Å²) in [6.07, 6.45) is 1.69. The van der Waals surface area contributed by atoms with Gasteiger partial charge in [-0.05, 0) is 43.3 Å². The van der Waals surface area contributed by atoms with Crippen LogP contribution in [0.4, 0.5) is 5.13 Å². The summed E-state index contributed by atoms with van der Waals surface area (Å²) in [5.74, 6) is 2.28. The van der Waals surface area contributed by atoms with Crippen LogP contribution in [0.5, 0.6) is 17.2 Å². The summed E-state index contributed by atoms with van der Waals surface area (Å²) >= 11 is 1.49. The van der Waals surface area contributed by atoms with Gasteiger partial charge in [0.05, 0.1) is 32.7 Å². The predicted octanol–water partition coefficient (Wildman–Crippen LogP) is 4.67. The first-order chi connectivity index (χ1) is 13.2. The number of hydrazone groups is 1. The standard InChI is InChI=1S/C20H21N3O3S/c1-4-26-16-8-5-14(6-9-16)18-13-27-20(22-18)23-21-12-15-7-10-17(24-2)11-19(15)25-3/h5-13H,4H2,1-3H3,(H,22,23)/b21-12+. The monoisotopic (exact) mass is 383 g/mol. The number of nitrogens with zero attached hydrogens (tertiary/aromatic N) is 2. The minimum absolute atomic E-state index is 0.654. The lowest BCUT2D eigenvalue weighted by molar-refractivity contribution is 0.340. The second kappa shape index (κ2) is 9.05. The first-order valence-corrected chi connectivity index (χ1v) is 9.31. The second-order valence-electron chi connectivity index (χ2n) is 5.47. The molecule has 0 aliphatic carbocycles. The number of rotatable bonds is 8. The highest BCUT2D eigenvalue weighted by Crippen LogP contribution is 2.27. The Bertz CT molecular complexity index is 907. The summed E-state index contributed by atoms with van der Waals surface area (Å²) in [5, 5.41) is 6.95. The predicted molar refractivity (Wildman–Crippen MR) is 109 cm³/mol. The number of methoxy groups -OCH3 is 2. The smallest absolute Gasteiger partial charge is 0.203 e. The lowest BCUT2D eigenvalue weighted by atomic mass is 10.2. The summed E-state index contributed by atoms with van der Waals surface area (Å²) in [7, 11) is 3.23. The minimum Gasteiger partial charge on any atom is -0.497 e. The number of nitrogens with one attached hydrogen (secondary N) is 1. The molecule has 0 aliphatic heterocycles. The average Bonchev–Trinajstić information content (AvgIpc) is 3.18. The van der Waals surface area contributed by atoms with Gasteiger partial charge in [-0.2, -0.15) is 5.10 Å². The van der Waals surface area contributed by atoms with Crippen LogP contribution in [-0.4, -0.2) is 32.0 Å². The number of hydrogen-bond acceptors (Lipinski definition) is 7. The van der Waals surface area contributed by atoms with Crippen LogP contribution < -0.4 is 19.6 Å². The zero-order chi connectivity index (χ0) is 19.1. The normalized spacial score (nSPS) is 10.8. The van der Waals surface area contributed by atoms with Crippen LogP contribution in [-0.2, 0) is 0 Å². The topological polar surface area (TPSA) is 65.0 Å². The summed E-state index contributed by atoms with van der Waals surface area (Å²) < 4.78 is 16.0. The van der Waals surface area contributed by atoms with Crippen molar-refractivity contribution in [2.75, 3.05) is 26.3 Å². The van der Waals surface area contributed by atoms with Gasteiger partial charge in [-0.1, -0.05) is 0 Å². The van der Waals surface area contributed by atoms with Crippen molar-refractivity contribution in [1.29, 1.82) is 0 Å². The molecule has 0 atom stereocenters. The molecule has 0 unspecified atom stereocenters. The summed E-state index contributed by atoms with van der Waals surface area (Å²) in [4.78, 5) is 4.56. The largest absolute Gasteiger partial charge is 0.497 e. The van der Waals surface area contributed by atoms with Crippen molar-refractivity contribution in [1.82, 2.24) is 4.98 Å². The lowest BCUT2D eigenvalue weighted by Crippen LogP contribution is -1.95. The van der Waals surface area contributed by atoms with E-state index in [9.17, 15) is 0 Å². The molecule has 0 bridgehead atoms. The Morgan fingerprint density at radius 3 is 2.56 bits per heavy atom. The van der Waals surface area contributed by atoms with E-state index in [1.807, 2.05) is 54.8 Å². The number of hydrogen-bond donors (Lipinski definition) is 1. The molecule has 0 aliphatic rings. The Morgan fingerprint density at radius 2 is 1.85 bits per heavy atom. The summed E-state index contributed by atoms with van der Waals surface area (Å²) in [6, 6.07) is 13.4. The number of anilines is 1. The Labute approximate surface area is 162 Å². The number of thiazole rings is 1. The Balaban J connectivity index is 1.66. The number of benzene rings is 2. The van der Waals surface area contributed by atoms with E-state index in [0.29, 0.717) is 17.5 Å². The van der Waals surface area contributed by atoms with Gasteiger partial charge in [0, 0.05) is 22.6 Å². The Hall–Kier alpha value is -3.06. The maximum atomic E-state index is 5.46. The van der Waals surface area contributed by atoms with E-state index in [-0.39, 0.29) is 0 Å². The van der Waals surface area contributed by atoms with E-state index >= 15 is 0 Å². The van der Waals surface area contributed by atoms with Crippen LogP contribution in [0.1, 0.15) is 12.5 Å². The van der Waals surface area contributed by atoms with Crippen LogP contribution in [0.15, 0.2) is 52.9 Å². The molecular formula is C20H21N3O3S. The van der Waals surface area contributed by atoms with Crippen LogP contribution >= 0.6 is 11.3 Å². The van der Waals surface area contributed by atoms with E-state index in [1.165, 1.54) is 11.3 Å². The van der Waals surface area contributed by atoms with Gasteiger partial charge in [-0.3, -0.25) is 5.43 Å². The van der Waals surface area contributed by atoms with E-state index in [1.54, 1.807) is 20.4 Å². The molecule has 0 saturated heterocycles. The third-order valence-corrected chi connectivity index (χ3v) is 4.52. The van der Waals surface area contributed by atoms with Crippen molar-refractivity contribution in [3.05, 3.63) is 53.4 Å². The summed E-state index contributed by atoms with van der Waals surface area (Å²) in [5.41, 5.74) is 5.72. The molecule has 7 heteroatoms. The number of aromatic nitrogens is 1. The first-order valence-electron chi connectivity index (χ1n) is 8.43. The molecule has 3 rings (SSSR count). The highest BCUT2D eigenvalue weighted by Gasteiger charge is 2.05. The van der Waals surface area contributed by atoms with Crippen molar-refractivity contribution in [3.63, 3.8) is 0 Å². The van der Waals surface area contributed by atoms with Gasteiger partial charge in [0.1, 0.15) is 17.2 Å². The molecule has 2 aromatic carbocycles. The third-order valence-electron chi connectivity index (χ3n) is 3.77. The zero-order valence-electron chi connectivity index (χ0n) is 15.4. The van der Waals surface area contributed by atoms with Gasteiger partial charge in [0.2, 0.25) is 5.13 Å². The number of ether oxygens (including phenoxy) is 3. The van der Waals surface area contributed by atoms with Gasteiger partial charge >= 0.3 is 0 Å². The van der Waals surface area contributed by atoms with Crippen molar-refractivity contribution in [3.8, 4) is 28.5 Å². The molecule has 0 spiro atoms. The molecule has 6 nitrogen and oxygen atoms in total. The zero-order valence-corrected chi connectivity index (χ0v) is 16.2. The third kappa shape index (κ3) is 4.77. The molecule has 0 radical (unpaired) electrons. The molecule has 1 N–H and O–H groups in total. The molecule has 3 aromatic rings. The molecule has 0 fully saturated rings. The first kappa shape index (κ1) is 18.7. The van der Waals surface area contributed by atoms with Crippen molar-refractivity contribution in [2.45, 2.75) is 6.92 Å². The van der Waals surface area contributed by atoms with Crippen LogP contribution in [0, 0.1) is 0 Å². The molecule has 27 heavy (non-hydrogen) atoms. The van der Waals surface area contributed by atoms with Crippen LogP contribution in [0.25, 0.3) is 11.3 Å². The quantitative estimate of drug-likeness (QED) is 0.452. The van der Waals surface area contributed by atoms with Gasteiger partial charge in [-0.15, -0.1) is 11.3 Å².